The molecule has 0 heterocycles. The average Bonchev–Trinajstić information content (AvgIpc) is 2.36. The van der Waals surface area contributed by atoms with E-state index in [1.165, 1.54) is 6.42 Å². The van der Waals surface area contributed by atoms with E-state index < -0.39 is 0 Å². The van der Waals surface area contributed by atoms with E-state index in [0.29, 0.717) is 0 Å². The lowest BCUT2D eigenvalue weighted by Crippen LogP contribution is -1.73. The Morgan fingerprint density at radius 3 is 1.47 bits per heavy atom. The van der Waals surface area contributed by atoms with Crippen LogP contribution in [-0.2, 0) is 0 Å². The summed E-state index contributed by atoms with van der Waals surface area (Å²) in [5, 5.41) is 0. The topological polar surface area (TPSA) is 17.1 Å². The lowest BCUT2D eigenvalue weighted by Gasteiger charge is -1.81. The molecule has 15 heavy (non-hydrogen) atoms. The van der Waals surface area contributed by atoms with Gasteiger partial charge in [0.05, 0.1) is 0 Å². The van der Waals surface area contributed by atoms with Crippen molar-refractivity contribution in [2.45, 2.75) is 48.0 Å². The maximum Gasteiger partial charge on any atom is 0.150 e. The molecule has 0 atom stereocenters. The zero-order chi connectivity index (χ0) is 12.5. The third kappa shape index (κ3) is 19.3. The van der Waals surface area contributed by atoms with Crippen LogP contribution in [0.2, 0.25) is 0 Å². The molecule has 0 aromatic heterocycles. The number of aldehydes is 1. The van der Waals surface area contributed by atoms with E-state index in [0.717, 1.165) is 11.8 Å². The average molecular weight is 210 g/mol. The summed E-state index contributed by atoms with van der Waals surface area (Å²) in [5.74, 6) is 0. The maximum absolute atomic E-state index is 10.0. The summed E-state index contributed by atoms with van der Waals surface area (Å²) in [6.45, 7) is 12.2. The van der Waals surface area contributed by atoms with E-state index in [9.17, 15) is 4.79 Å². The Balaban J connectivity index is -0.000000176. The predicted octanol–water partition coefficient (Wildman–Crippen LogP) is 4.97. The number of rotatable bonds is 1. The van der Waals surface area contributed by atoms with Gasteiger partial charge in [0, 0.05) is 5.56 Å². The Hall–Kier alpha value is -1.11. The van der Waals surface area contributed by atoms with Gasteiger partial charge in [-0.05, 0) is 0 Å². The van der Waals surface area contributed by atoms with Crippen LogP contribution in [-0.4, -0.2) is 6.29 Å². The van der Waals surface area contributed by atoms with Crippen LogP contribution in [0.25, 0.3) is 0 Å². The summed E-state index contributed by atoms with van der Waals surface area (Å²) in [5.41, 5.74) is 0.729. The number of carbonyl (C=O) groups is 1. The van der Waals surface area contributed by atoms with Crippen LogP contribution in [0.3, 0.4) is 0 Å². The van der Waals surface area contributed by atoms with E-state index in [-0.39, 0.29) is 0 Å². The van der Waals surface area contributed by atoms with Gasteiger partial charge in [0.15, 0.2) is 0 Å². The third-order valence-electron chi connectivity index (χ3n) is 0.936. The molecule has 0 unspecified atom stereocenters. The first kappa shape index (κ1) is 19.5. The van der Waals surface area contributed by atoms with Crippen molar-refractivity contribution in [3.05, 3.63) is 35.9 Å². The summed E-state index contributed by atoms with van der Waals surface area (Å²) < 4.78 is 0. The molecule has 0 aliphatic carbocycles. The molecule has 0 aliphatic rings. The van der Waals surface area contributed by atoms with Crippen molar-refractivity contribution < 1.29 is 4.79 Å². The Morgan fingerprint density at radius 2 is 1.27 bits per heavy atom. The largest absolute Gasteiger partial charge is 0.298 e. The quantitative estimate of drug-likeness (QED) is 0.598. The van der Waals surface area contributed by atoms with Crippen molar-refractivity contribution in [1.82, 2.24) is 0 Å². The highest BCUT2D eigenvalue weighted by Crippen LogP contribution is 1.91. The normalized spacial score (nSPS) is 6.53. The van der Waals surface area contributed by atoms with Gasteiger partial charge in [-0.2, -0.15) is 0 Å². The van der Waals surface area contributed by atoms with Crippen LogP contribution in [0.15, 0.2) is 30.3 Å². The predicted molar refractivity (Wildman–Crippen MR) is 70.5 cm³/mol. The summed E-state index contributed by atoms with van der Waals surface area (Å²) in [6, 6.07) is 9.10. The molecule has 0 bridgehead atoms. The molecular weight excluding hydrogens is 184 g/mol. The van der Waals surface area contributed by atoms with Crippen LogP contribution >= 0.6 is 0 Å². The fraction of sp³-hybridized carbons (Fsp3) is 0.500. The lowest BCUT2D eigenvalue weighted by molar-refractivity contribution is 0.112. The number of benzene rings is 1. The molecule has 1 rings (SSSR count). The number of hydrogen-bond donors (Lipinski definition) is 0. The molecule has 0 amide bonds. The first-order valence-corrected chi connectivity index (χ1v) is 5.85. The SMILES string of the molecule is CC.CC.CCC.O=Cc1ccccc1. The minimum Gasteiger partial charge on any atom is -0.298 e. The van der Waals surface area contributed by atoms with Crippen molar-refractivity contribution in [3.63, 3.8) is 0 Å². The van der Waals surface area contributed by atoms with E-state index in [2.05, 4.69) is 13.8 Å². The van der Waals surface area contributed by atoms with E-state index in [4.69, 9.17) is 0 Å². The molecule has 1 aromatic rings. The van der Waals surface area contributed by atoms with E-state index in [1.54, 1.807) is 12.1 Å². The lowest BCUT2D eigenvalue weighted by atomic mass is 10.2. The molecule has 0 spiro atoms. The zero-order valence-electron chi connectivity index (χ0n) is 11.1. The van der Waals surface area contributed by atoms with E-state index in [1.807, 2.05) is 45.9 Å². The Bertz CT molecular complexity index is 180. The van der Waals surface area contributed by atoms with Gasteiger partial charge in [0.25, 0.3) is 0 Å². The Morgan fingerprint density at radius 1 is 0.933 bits per heavy atom. The van der Waals surface area contributed by atoms with E-state index >= 15 is 0 Å². The second-order valence-electron chi connectivity index (χ2n) is 2.24. The molecule has 0 fully saturated rings. The van der Waals surface area contributed by atoms with Gasteiger partial charge in [-0.15, -0.1) is 0 Å². The van der Waals surface area contributed by atoms with Crippen molar-refractivity contribution >= 4 is 6.29 Å². The minimum atomic E-state index is 0.729. The van der Waals surface area contributed by atoms with Crippen molar-refractivity contribution in [1.29, 1.82) is 0 Å². The molecule has 0 saturated carbocycles. The van der Waals surface area contributed by atoms with Crippen molar-refractivity contribution in [2.24, 2.45) is 0 Å². The molecule has 1 heteroatoms. The summed E-state index contributed by atoms with van der Waals surface area (Å²) in [4.78, 5) is 10.0. The molecule has 1 aromatic carbocycles. The van der Waals surface area contributed by atoms with Crippen molar-refractivity contribution in [3.8, 4) is 0 Å². The highest BCUT2D eigenvalue weighted by atomic mass is 16.1. The van der Waals surface area contributed by atoms with Crippen LogP contribution < -0.4 is 0 Å². The molecule has 0 saturated heterocycles. The molecule has 0 radical (unpaired) electrons. The van der Waals surface area contributed by atoms with Gasteiger partial charge >= 0.3 is 0 Å². The van der Waals surface area contributed by atoms with Crippen LogP contribution in [0, 0.1) is 0 Å². The second-order valence-corrected chi connectivity index (χ2v) is 2.24. The maximum atomic E-state index is 10.0. The van der Waals surface area contributed by atoms with Gasteiger partial charge in [-0.1, -0.05) is 78.3 Å². The summed E-state index contributed by atoms with van der Waals surface area (Å²) in [7, 11) is 0. The summed E-state index contributed by atoms with van der Waals surface area (Å²) in [6.07, 6.45) is 2.08. The smallest absolute Gasteiger partial charge is 0.150 e. The van der Waals surface area contributed by atoms with Gasteiger partial charge in [0.1, 0.15) is 6.29 Å². The van der Waals surface area contributed by atoms with Crippen LogP contribution in [0.5, 0.6) is 0 Å². The number of carbonyl (C=O) groups excluding carboxylic acids is 1. The first-order valence-electron chi connectivity index (χ1n) is 5.85. The first-order chi connectivity index (χ1) is 7.35. The van der Waals surface area contributed by atoms with Gasteiger partial charge in [-0.3, -0.25) is 4.79 Å². The third-order valence-corrected chi connectivity index (χ3v) is 0.936. The van der Waals surface area contributed by atoms with Crippen LogP contribution in [0.1, 0.15) is 58.3 Å². The van der Waals surface area contributed by atoms with Gasteiger partial charge in [-0.25, -0.2) is 0 Å². The molecular formula is C14H26O. The second kappa shape index (κ2) is 23.1. The highest BCUT2D eigenvalue weighted by molar-refractivity contribution is 5.74. The van der Waals surface area contributed by atoms with Gasteiger partial charge < -0.3 is 0 Å². The monoisotopic (exact) mass is 210 g/mol. The Labute approximate surface area is 95.5 Å². The molecule has 1 nitrogen and oxygen atoms in total. The summed E-state index contributed by atoms with van der Waals surface area (Å²) >= 11 is 0. The van der Waals surface area contributed by atoms with Gasteiger partial charge in [0.2, 0.25) is 0 Å². The minimum absolute atomic E-state index is 0.729. The standard InChI is InChI=1S/C7H6O.C3H8.2C2H6/c8-6-7-4-2-1-3-5-7;1-3-2;2*1-2/h1-6H;3H2,1-2H3;2*1-2H3. The van der Waals surface area contributed by atoms with Crippen LogP contribution in [0.4, 0.5) is 0 Å². The molecule has 0 aliphatic heterocycles. The fourth-order valence-corrected chi connectivity index (χ4v) is 0.532. The fourth-order valence-electron chi connectivity index (χ4n) is 0.532. The molecule has 88 valence electrons. The Kier molecular flexibility index (Phi) is 29.9. The zero-order valence-corrected chi connectivity index (χ0v) is 11.1. The highest BCUT2D eigenvalue weighted by Gasteiger charge is 1.79. The van der Waals surface area contributed by atoms with Crippen molar-refractivity contribution in [2.75, 3.05) is 0 Å². The molecule has 0 N–H and O–H groups in total. The number of hydrogen-bond acceptors (Lipinski definition) is 1.